The van der Waals surface area contributed by atoms with Crippen LogP contribution in [0.5, 0.6) is 5.75 Å². The van der Waals surface area contributed by atoms with Crippen LogP contribution in [0.15, 0.2) is 18.5 Å². The quantitative estimate of drug-likeness (QED) is 0.763. The second-order valence-electron chi connectivity index (χ2n) is 3.40. The molecular formula is C12H16N2O4. The van der Waals surface area contributed by atoms with Crippen LogP contribution < -0.4 is 4.74 Å². The Kier molecular flexibility index (Phi) is 5.10. The van der Waals surface area contributed by atoms with E-state index in [1.165, 1.54) is 30.5 Å². The first kappa shape index (κ1) is 14.0. The third-order valence-electron chi connectivity index (χ3n) is 2.41. The molecule has 0 N–H and O–H groups in total. The predicted molar refractivity (Wildman–Crippen MR) is 64.5 cm³/mol. The maximum atomic E-state index is 11.8. The van der Waals surface area contributed by atoms with Gasteiger partial charge in [-0.3, -0.25) is 4.98 Å². The van der Waals surface area contributed by atoms with E-state index in [0.29, 0.717) is 13.1 Å². The number of esters is 1. The summed E-state index contributed by atoms with van der Waals surface area (Å²) in [6, 6.07) is 1.44. The van der Waals surface area contributed by atoms with Crippen LogP contribution in [0.1, 0.15) is 24.2 Å². The van der Waals surface area contributed by atoms with Crippen molar-refractivity contribution in [3.63, 3.8) is 0 Å². The van der Waals surface area contributed by atoms with Gasteiger partial charge in [0.05, 0.1) is 13.3 Å². The number of rotatable bonds is 4. The first-order valence-corrected chi connectivity index (χ1v) is 5.63. The Bertz CT molecular complexity index is 430. The number of ether oxygens (including phenoxy) is 2. The van der Waals surface area contributed by atoms with E-state index in [9.17, 15) is 9.59 Å². The lowest BCUT2D eigenvalue weighted by Gasteiger charge is -2.18. The molecule has 1 heterocycles. The molecule has 1 amide bonds. The fourth-order valence-corrected chi connectivity index (χ4v) is 1.38. The van der Waals surface area contributed by atoms with Crippen molar-refractivity contribution in [2.24, 2.45) is 0 Å². The van der Waals surface area contributed by atoms with E-state index in [4.69, 9.17) is 4.74 Å². The molecule has 98 valence electrons. The number of pyridine rings is 1. The fraction of sp³-hybridized carbons (Fsp3) is 0.417. The average Bonchev–Trinajstić information content (AvgIpc) is 2.40. The predicted octanol–water partition coefficient (Wildman–Crippen LogP) is 1.71. The highest BCUT2D eigenvalue weighted by molar-refractivity contribution is 5.93. The van der Waals surface area contributed by atoms with Gasteiger partial charge < -0.3 is 14.4 Å². The van der Waals surface area contributed by atoms with E-state index in [1.54, 1.807) is 0 Å². The molecule has 0 saturated heterocycles. The minimum Gasteiger partial charge on any atom is -0.465 e. The first-order valence-electron chi connectivity index (χ1n) is 5.63. The SMILES string of the molecule is CCN(CC)C(=O)Oc1cnccc1C(=O)OC. The maximum absolute atomic E-state index is 11.8. The molecule has 0 atom stereocenters. The van der Waals surface area contributed by atoms with E-state index in [2.05, 4.69) is 9.72 Å². The minimum atomic E-state index is -0.570. The Morgan fingerprint density at radius 2 is 2.00 bits per heavy atom. The zero-order valence-electron chi connectivity index (χ0n) is 10.7. The number of amides is 1. The molecule has 0 aliphatic rings. The van der Waals surface area contributed by atoms with Crippen molar-refractivity contribution in [1.29, 1.82) is 0 Å². The van der Waals surface area contributed by atoms with Gasteiger partial charge in [0.2, 0.25) is 0 Å². The lowest BCUT2D eigenvalue weighted by atomic mass is 10.2. The van der Waals surface area contributed by atoms with Crippen LogP contribution in [0.4, 0.5) is 4.79 Å². The summed E-state index contributed by atoms with van der Waals surface area (Å²) in [4.78, 5) is 28.5. The monoisotopic (exact) mass is 252 g/mol. The van der Waals surface area contributed by atoms with Gasteiger partial charge in [-0.05, 0) is 19.9 Å². The van der Waals surface area contributed by atoms with E-state index in [-0.39, 0.29) is 11.3 Å². The maximum Gasteiger partial charge on any atom is 0.415 e. The van der Waals surface area contributed by atoms with Crippen molar-refractivity contribution >= 4 is 12.1 Å². The van der Waals surface area contributed by atoms with Crippen LogP contribution >= 0.6 is 0 Å². The molecule has 0 saturated carbocycles. The smallest absolute Gasteiger partial charge is 0.415 e. The summed E-state index contributed by atoms with van der Waals surface area (Å²) in [5, 5.41) is 0. The van der Waals surface area contributed by atoms with Gasteiger partial charge in [0.15, 0.2) is 5.75 Å². The first-order chi connectivity index (χ1) is 8.63. The minimum absolute atomic E-state index is 0.0984. The molecule has 1 aromatic heterocycles. The van der Waals surface area contributed by atoms with Crippen LogP contribution in [0.25, 0.3) is 0 Å². The highest BCUT2D eigenvalue weighted by Gasteiger charge is 2.18. The molecule has 1 rings (SSSR count). The zero-order valence-corrected chi connectivity index (χ0v) is 10.7. The van der Waals surface area contributed by atoms with E-state index < -0.39 is 12.1 Å². The van der Waals surface area contributed by atoms with Crippen LogP contribution in [0.3, 0.4) is 0 Å². The Morgan fingerprint density at radius 1 is 1.33 bits per heavy atom. The molecule has 0 unspecified atom stereocenters. The van der Waals surface area contributed by atoms with Gasteiger partial charge in [-0.25, -0.2) is 9.59 Å². The van der Waals surface area contributed by atoms with Crippen LogP contribution in [-0.2, 0) is 4.74 Å². The molecule has 0 fully saturated rings. The lowest BCUT2D eigenvalue weighted by Crippen LogP contribution is -2.33. The normalized spacial score (nSPS) is 9.72. The van der Waals surface area contributed by atoms with Gasteiger partial charge in [0.25, 0.3) is 0 Å². The number of carbonyl (C=O) groups excluding carboxylic acids is 2. The molecule has 0 radical (unpaired) electrons. The highest BCUT2D eigenvalue weighted by atomic mass is 16.6. The fourth-order valence-electron chi connectivity index (χ4n) is 1.38. The van der Waals surface area contributed by atoms with Crippen molar-refractivity contribution in [3.8, 4) is 5.75 Å². The summed E-state index contributed by atoms with van der Waals surface area (Å²) in [7, 11) is 1.26. The molecule has 0 aromatic carbocycles. The number of aromatic nitrogens is 1. The molecule has 6 heteroatoms. The third kappa shape index (κ3) is 3.19. The summed E-state index contributed by atoms with van der Waals surface area (Å²) in [5.41, 5.74) is 0.174. The summed E-state index contributed by atoms with van der Waals surface area (Å²) in [5.74, 6) is -0.471. The summed E-state index contributed by atoms with van der Waals surface area (Å²) in [6.07, 6.45) is 2.23. The Labute approximate surface area is 106 Å². The Hall–Kier alpha value is -2.11. The standard InChI is InChI=1S/C12H16N2O4/c1-4-14(5-2)12(16)18-10-8-13-7-6-9(10)11(15)17-3/h6-8H,4-5H2,1-3H3. The van der Waals surface area contributed by atoms with Gasteiger partial charge >= 0.3 is 12.1 Å². The van der Waals surface area contributed by atoms with Crippen LogP contribution in [0, 0.1) is 0 Å². The third-order valence-corrected chi connectivity index (χ3v) is 2.41. The summed E-state index contributed by atoms with van der Waals surface area (Å²) in [6.45, 7) is 4.75. The van der Waals surface area contributed by atoms with Crippen molar-refractivity contribution in [2.75, 3.05) is 20.2 Å². The lowest BCUT2D eigenvalue weighted by molar-refractivity contribution is 0.0597. The van der Waals surface area contributed by atoms with Gasteiger partial charge in [0.1, 0.15) is 5.56 Å². The second kappa shape index (κ2) is 6.58. The topological polar surface area (TPSA) is 68.7 Å². The zero-order chi connectivity index (χ0) is 13.5. The number of carbonyl (C=O) groups is 2. The average molecular weight is 252 g/mol. The number of hydrogen-bond acceptors (Lipinski definition) is 5. The number of hydrogen-bond donors (Lipinski definition) is 0. The number of nitrogens with zero attached hydrogens (tertiary/aromatic N) is 2. The molecule has 0 aliphatic carbocycles. The second-order valence-corrected chi connectivity index (χ2v) is 3.40. The van der Waals surface area contributed by atoms with Gasteiger partial charge in [-0.15, -0.1) is 0 Å². The molecule has 0 bridgehead atoms. The van der Waals surface area contributed by atoms with Gasteiger partial charge in [0, 0.05) is 19.3 Å². The van der Waals surface area contributed by atoms with Crippen molar-refractivity contribution in [3.05, 3.63) is 24.0 Å². The number of methoxy groups -OCH3 is 1. The molecule has 6 nitrogen and oxygen atoms in total. The molecule has 1 aromatic rings. The molecular weight excluding hydrogens is 236 g/mol. The molecule has 0 aliphatic heterocycles. The van der Waals surface area contributed by atoms with Crippen molar-refractivity contribution in [2.45, 2.75) is 13.8 Å². The Balaban J connectivity index is 2.90. The van der Waals surface area contributed by atoms with E-state index >= 15 is 0 Å². The Morgan fingerprint density at radius 3 is 2.56 bits per heavy atom. The highest BCUT2D eigenvalue weighted by Crippen LogP contribution is 2.18. The van der Waals surface area contributed by atoms with Crippen LogP contribution in [-0.4, -0.2) is 42.1 Å². The summed E-state index contributed by atoms with van der Waals surface area (Å²) < 4.78 is 9.74. The summed E-state index contributed by atoms with van der Waals surface area (Å²) >= 11 is 0. The van der Waals surface area contributed by atoms with Gasteiger partial charge in [-0.1, -0.05) is 0 Å². The van der Waals surface area contributed by atoms with E-state index in [1.807, 2.05) is 13.8 Å². The largest absolute Gasteiger partial charge is 0.465 e. The molecule has 18 heavy (non-hydrogen) atoms. The molecule has 0 spiro atoms. The van der Waals surface area contributed by atoms with Crippen molar-refractivity contribution < 1.29 is 19.1 Å². The van der Waals surface area contributed by atoms with Crippen molar-refractivity contribution in [1.82, 2.24) is 9.88 Å². The van der Waals surface area contributed by atoms with Crippen LogP contribution in [0.2, 0.25) is 0 Å². The van der Waals surface area contributed by atoms with Gasteiger partial charge in [-0.2, -0.15) is 0 Å². The van der Waals surface area contributed by atoms with E-state index in [0.717, 1.165) is 0 Å².